The summed E-state index contributed by atoms with van der Waals surface area (Å²) >= 11 is 0. The Morgan fingerprint density at radius 3 is 2.66 bits per heavy atom. The van der Waals surface area contributed by atoms with Crippen molar-refractivity contribution in [1.82, 2.24) is 4.90 Å². The second-order valence-corrected chi connectivity index (χ2v) is 8.82. The summed E-state index contributed by atoms with van der Waals surface area (Å²) in [7, 11) is -3.92. The van der Waals surface area contributed by atoms with E-state index in [-0.39, 0.29) is 16.4 Å². The third-order valence-electron chi connectivity index (χ3n) is 5.28. The smallest absolute Gasteiger partial charge is 0.338 e. The Kier molecular flexibility index (Phi) is 5.12. The molecule has 3 aliphatic rings. The number of likely N-dealkylation sites (tertiary alicyclic amines) is 1. The van der Waals surface area contributed by atoms with E-state index < -0.39 is 28.5 Å². The summed E-state index contributed by atoms with van der Waals surface area (Å²) < 4.78 is 34.2. The summed E-state index contributed by atoms with van der Waals surface area (Å²) in [6.45, 7) is 0.425. The number of carbonyl (C=O) groups is 3. The maximum Gasteiger partial charge on any atom is 0.338 e. The van der Waals surface area contributed by atoms with Gasteiger partial charge in [-0.05, 0) is 37.5 Å². The van der Waals surface area contributed by atoms with Crippen molar-refractivity contribution in [2.75, 3.05) is 24.6 Å². The standard InChI is InChI=1S/C19H21N3O6S/c23-17-6-4-10-22(17)18(24)12-28-19(25)13-7-8-14-15(11-13)29(26,27)20-16-5-2-1-3-9-21(14)16/h7-8,11H,1-6,9-10,12H2. The average molecular weight is 419 g/mol. The summed E-state index contributed by atoms with van der Waals surface area (Å²) in [5.74, 6) is -1.15. The highest BCUT2D eigenvalue weighted by molar-refractivity contribution is 7.90. The van der Waals surface area contributed by atoms with Crippen LogP contribution >= 0.6 is 0 Å². The fraction of sp³-hybridized carbons (Fsp3) is 0.474. The molecule has 0 bridgehead atoms. The van der Waals surface area contributed by atoms with E-state index in [4.69, 9.17) is 4.74 Å². The number of fused-ring (bicyclic) bond motifs is 3. The number of carbonyl (C=O) groups excluding carboxylic acids is 3. The molecular formula is C19H21N3O6S. The summed E-state index contributed by atoms with van der Waals surface area (Å²) in [5, 5.41) is 0. The lowest BCUT2D eigenvalue weighted by molar-refractivity contribution is -0.143. The molecule has 0 N–H and O–H groups in total. The first kappa shape index (κ1) is 19.6. The zero-order chi connectivity index (χ0) is 20.6. The highest BCUT2D eigenvalue weighted by Crippen LogP contribution is 2.35. The highest BCUT2D eigenvalue weighted by atomic mass is 32.2. The number of amides is 2. The maximum atomic E-state index is 12.6. The average Bonchev–Trinajstić information content (AvgIpc) is 2.99. The number of amidine groups is 1. The fourth-order valence-electron chi connectivity index (χ4n) is 3.81. The van der Waals surface area contributed by atoms with Gasteiger partial charge in [-0.25, -0.2) is 4.79 Å². The van der Waals surface area contributed by atoms with Crippen LogP contribution in [0.15, 0.2) is 27.5 Å². The minimum absolute atomic E-state index is 0.0151. The summed E-state index contributed by atoms with van der Waals surface area (Å²) in [5.41, 5.74) is 0.522. The lowest BCUT2D eigenvalue weighted by atomic mass is 10.2. The van der Waals surface area contributed by atoms with Crippen molar-refractivity contribution >= 4 is 39.3 Å². The molecule has 1 aromatic carbocycles. The zero-order valence-corrected chi connectivity index (χ0v) is 16.6. The van der Waals surface area contributed by atoms with Gasteiger partial charge in [0.25, 0.3) is 15.9 Å². The molecule has 29 heavy (non-hydrogen) atoms. The van der Waals surface area contributed by atoms with Gasteiger partial charge >= 0.3 is 5.97 Å². The van der Waals surface area contributed by atoms with Gasteiger partial charge in [-0.1, -0.05) is 6.42 Å². The number of benzene rings is 1. The third-order valence-corrected chi connectivity index (χ3v) is 6.62. The molecule has 2 amide bonds. The van der Waals surface area contributed by atoms with Gasteiger partial charge in [-0.3, -0.25) is 14.5 Å². The SMILES string of the molecule is O=C(OCC(=O)N1CCCC1=O)c1ccc2c(c1)S(=O)(=O)N=C1CCCCCN12. The summed E-state index contributed by atoms with van der Waals surface area (Å²) in [4.78, 5) is 38.9. The molecule has 0 aliphatic carbocycles. The number of nitrogens with zero attached hydrogens (tertiary/aromatic N) is 3. The first-order valence-corrected chi connectivity index (χ1v) is 11.1. The molecule has 0 unspecified atom stereocenters. The van der Waals surface area contributed by atoms with Crippen LogP contribution < -0.4 is 4.90 Å². The topological polar surface area (TPSA) is 113 Å². The number of hydrogen-bond acceptors (Lipinski definition) is 7. The molecule has 3 aliphatic heterocycles. The number of esters is 1. The quantitative estimate of drug-likeness (QED) is 0.682. The van der Waals surface area contributed by atoms with Gasteiger partial charge in [0.15, 0.2) is 6.61 Å². The summed E-state index contributed by atoms with van der Waals surface area (Å²) in [6, 6.07) is 4.30. The van der Waals surface area contributed by atoms with E-state index in [1.807, 2.05) is 4.90 Å². The Labute approximate surface area is 168 Å². The van der Waals surface area contributed by atoms with E-state index in [2.05, 4.69) is 4.40 Å². The number of rotatable bonds is 3. The molecule has 3 heterocycles. The van der Waals surface area contributed by atoms with Gasteiger partial charge in [0.1, 0.15) is 10.7 Å². The Balaban J connectivity index is 1.53. The van der Waals surface area contributed by atoms with Crippen molar-refractivity contribution < 1.29 is 27.5 Å². The Morgan fingerprint density at radius 2 is 1.90 bits per heavy atom. The van der Waals surface area contributed by atoms with Crippen LogP contribution in [-0.4, -0.2) is 56.6 Å². The Hall–Kier alpha value is -2.75. The molecule has 0 radical (unpaired) electrons. The van der Waals surface area contributed by atoms with Crippen molar-refractivity contribution in [1.29, 1.82) is 0 Å². The maximum absolute atomic E-state index is 12.6. The van der Waals surface area contributed by atoms with Crippen LogP contribution in [0.2, 0.25) is 0 Å². The number of hydrogen-bond donors (Lipinski definition) is 0. The van der Waals surface area contributed by atoms with Crippen LogP contribution in [0.25, 0.3) is 0 Å². The van der Waals surface area contributed by atoms with Crippen LogP contribution in [0.3, 0.4) is 0 Å². The molecule has 4 rings (SSSR count). The zero-order valence-electron chi connectivity index (χ0n) is 15.8. The van der Waals surface area contributed by atoms with Crippen LogP contribution in [0.5, 0.6) is 0 Å². The van der Waals surface area contributed by atoms with Crippen LogP contribution in [-0.2, 0) is 24.3 Å². The van der Waals surface area contributed by atoms with E-state index in [9.17, 15) is 22.8 Å². The normalized spacial score (nSPS) is 20.4. The number of ether oxygens (including phenoxy) is 1. The van der Waals surface area contributed by atoms with Crippen molar-refractivity contribution in [2.24, 2.45) is 4.40 Å². The van der Waals surface area contributed by atoms with Gasteiger partial charge in [0, 0.05) is 25.9 Å². The molecule has 9 nitrogen and oxygen atoms in total. The van der Waals surface area contributed by atoms with Gasteiger partial charge in [0.05, 0.1) is 11.3 Å². The molecule has 10 heteroatoms. The molecule has 154 valence electrons. The van der Waals surface area contributed by atoms with E-state index in [0.717, 1.165) is 24.2 Å². The van der Waals surface area contributed by atoms with E-state index in [1.54, 1.807) is 6.07 Å². The Bertz CT molecular complexity index is 1020. The number of anilines is 1. The lowest BCUT2D eigenvalue weighted by Crippen LogP contribution is -2.36. The molecule has 1 aromatic rings. The van der Waals surface area contributed by atoms with Gasteiger partial charge in [-0.15, -0.1) is 4.40 Å². The van der Waals surface area contributed by atoms with Crippen LogP contribution in [0, 0.1) is 0 Å². The second kappa shape index (κ2) is 7.58. The van der Waals surface area contributed by atoms with Gasteiger partial charge in [-0.2, -0.15) is 8.42 Å². The number of sulfonamides is 1. The highest BCUT2D eigenvalue weighted by Gasteiger charge is 2.32. The molecule has 0 aromatic heterocycles. The third kappa shape index (κ3) is 3.76. The molecule has 0 atom stereocenters. The predicted molar refractivity (Wildman–Crippen MR) is 103 cm³/mol. The van der Waals surface area contributed by atoms with Gasteiger partial charge < -0.3 is 9.64 Å². The second-order valence-electron chi connectivity index (χ2n) is 7.25. The molecule has 0 spiro atoms. The fourth-order valence-corrected chi connectivity index (χ4v) is 5.09. The Morgan fingerprint density at radius 1 is 1.07 bits per heavy atom. The van der Waals surface area contributed by atoms with Crippen LogP contribution in [0.4, 0.5) is 5.69 Å². The molecular weight excluding hydrogens is 398 g/mol. The first-order chi connectivity index (χ1) is 13.9. The number of imide groups is 1. The molecule has 2 fully saturated rings. The monoisotopic (exact) mass is 419 g/mol. The summed E-state index contributed by atoms with van der Waals surface area (Å²) in [6.07, 6.45) is 4.32. The van der Waals surface area contributed by atoms with Crippen molar-refractivity contribution in [3.8, 4) is 0 Å². The first-order valence-electron chi connectivity index (χ1n) is 9.62. The van der Waals surface area contributed by atoms with Crippen molar-refractivity contribution in [2.45, 2.75) is 43.4 Å². The largest absolute Gasteiger partial charge is 0.452 e. The van der Waals surface area contributed by atoms with Crippen molar-refractivity contribution in [3.05, 3.63) is 23.8 Å². The lowest BCUT2D eigenvalue weighted by Gasteiger charge is -2.29. The van der Waals surface area contributed by atoms with Crippen LogP contribution in [0.1, 0.15) is 48.9 Å². The van der Waals surface area contributed by atoms with Crippen molar-refractivity contribution in [3.63, 3.8) is 0 Å². The van der Waals surface area contributed by atoms with E-state index in [0.29, 0.717) is 43.9 Å². The minimum atomic E-state index is -3.92. The minimum Gasteiger partial charge on any atom is -0.452 e. The van der Waals surface area contributed by atoms with E-state index >= 15 is 0 Å². The van der Waals surface area contributed by atoms with Gasteiger partial charge in [0.2, 0.25) is 5.91 Å². The molecule has 2 saturated heterocycles. The molecule has 0 saturated carbocycles. The predicted octanol–water partition coefficient (Wildman–Crippen LogP) is 1.47. The van der Waals surface area contributed by atoms with E-state index in [1.165, 1.54) is 12.1 Å².